The van der Waals surface area contributed by atoms with Crippen LogP contribution in [0.25, 0.3) is 6.08 Å². The first-order valence-corrected chi connectivity index (χ1v) is 6.97. The normalized spacial score (nSPS) is 10.5. The molecule has 0 aliphatic rings. The standard InChI is InChI=1S/C18H18N2O2/c1-13-16(19-14(2)21)9-6-10-17(13)20-18(22)12-11-15-7-4-3-5-8-15/h3-12H,1-2H3,(H,19,21)(H,20,22)/b12-11+. The third kappa shape index (κ3) is 4.31. The molecule has 0 spiro atoms. The first kappa shape index (κ1) is 15.5. The van der Waals surface area contributed by atoms with Crippen LogP contribution in [-0.2, 0) is 9.59 Å². The van der Waals surface area contributed by atoms with Crippen LogP contribution in [0.2, 0.25) is 0 Å². The second-order valence-corrected chi connectivity index (χ2v) is 4.89. The van der Waals surface area contributed by atoms with Crippen LogP contribution in [0.3, 0.4) is 0 Å². The summed E-state index contributed by atoms with van der Waals surface area (Å²) in [7, 11) is 0. The predicted molar refractivity (Wildman–Crippen MR) is 89.6 cm³/mol. The van der Waals surface area contributed by atoms with Crippen LogP contribution < -0.4 is 10.6 Å². The maximum atomic E-state index is 12.0. The van der Waals surface area contributed by atoms with Gasteiger partial charge in [0.25, 0.3) is 0 Å². The Morgan fingerprint density at radius 2 is 1.55 bits per heavy atom. The molecular weight excluding hydrogens is 276 g/mol. The van der Waals surface area contributed by atoms with Crippen molar-refractivity contribution in [3.63, 3.8) is 0 Å². The fourth-order valence-electron chi connectivity index (χ4n) is 2.01. The minimum Gasteiger partial charge on any atom is -0.326 e. The maximum Gasteiger partial charge on any atom is 0.248 e. The molecule has 2 aromatic rings. The number of amides is 2. The summed E-state index contributed by atoms with van der Waals surface area (Å²) in [5.41, 5.74) is 3.15. The van der Waals surface area contributed by atoms with Crippen LogP contribution in [0.5, 0.6) is 0 Å². The van der Waals surface area contributed by atoms with E-state index in [1.165, 1.54) is 13.0 Å². The van der Waals surface area contributed by atoms with Gasteiger partial charge in [0.05, 0.1) is 0 Å². The summed E-state index contributed by atoms with van der Waals surface area (Å²) in [6, 6.07) is 15.0. The van der Waals surface area contributed by atoms with Gasteiger partial charge in [0.15, 0.2) is 0 Å². The third-order valence-corrected chi connectivity index (χ3v) is 3.13. The highest BCUT2D eigenvalue weighted by molar-refractivity contribution is 6.03. The van der Waals surface area contributed by atoms with Crippen LogP contribution in [0.15, 0.2) is 54.6 Å². The van der Waals surface area contributed by atoms with E-state index < -0.39 is 0 Å². The molecule has 0 aromatic heterocycles. The molecule has 0 fully saturated rings. The van der Waals surface area contributed by atoms with Gasteiger partial charge in [-0.2, -0.15) is 0 Å². The summed E-state index contributed by atoms with van der Waals surface area (Å²) in [5.74, 6) is -0.359. The maximum absolute atomic E-state index is 12.0. The Morgan fingerprint density at radius 1 is 0.909 bits per heavy atom. The molecule has 0 aliphatic carbocycles. The first-order chi connectivity index (χ1) is 10.6. The number of carbonyl (C=O) groups excluding carboxylic acids is 2. The van der Waals surface area contributed by atoms with Crippen molar-refractivity contribution in [1.29, 1.82) is 0 Å². The lowest BCUT2D eigenvalue weighted by Gasteiger charge is -2.11. The minimum absolute atomic E-state index is 0.143. The molecule has 22 heavy (non-hydrogen) atoms. The molecule has 0 radical (unpaired) electrons. The van der Waals surface area contributed by atoms with Crippen molar-refractivity contribution in [3.8, 4) is 0 Å². The van der Waals surface area contributed by atoms with Gasteiger partial charge >= 0.3 is 0 Å². The van der Waals surface area contributed by atoms with Gasteiger partial charge in [0.1, 0.15) is 0 Å². The van der Waals surface area contributed by atoms with Gasteiger partial charge in [-0.05, 0) is 36.3 Å². The number of hydrogen-bond acceptors (Lipinski definition) is 2. The monoisotopic (exact) mass is 294 g/mol. The molecular formula is C18H18N2O2. The average Bonchev–Trinajstić information content (AvgIpc) is 2.50. The largest absolute Gasteiger partial charge is 0.326 e. The number of nitrogens with one attached hydrogen (secondary N) is 2. The van der Waals surface area contributed by atoms with Crippen molar-refractivity contribution >= 4 is 29.3 Å². The number of rotatable bonds is 4. The van der Waals surface area contributed by atoms with Crippen LogP contribution in [0.4, 0.5) is 11.4 Å². The van der Waals surface area contributed by atoms with E-state index in [0.717, 1.165) is 11.1 Å². The Hall–Kier alpha value is -2.88. The van der Waals surface area contributed by atoms with E-state index in [9.17, 15) is 9.59 Å². The Labute approximate surface area is 129 Å². The van der Waals surface area contributed by atoms with Gasteiger partial charge in [0.2, 0.25) is 11.8 Å². The molecule has 0 atom stereocenters. The van der Waals surface area contributed by atoms with E-state index in [2.05, 4.69) is 10.6 Å². The SMILES string of the molecule is CC(=O)Nc1cccc(NC(=O)/C=C/c2ccccc2)c1C. The van der Waals surface area contributed by atoms with E-state index in [-0.39, 0.29) is 11.8 Å². The molecule has 112 valence electrons. The molecule has 2 aromatic carbocycles. The molecule has 4 heteroatoms. The van der Waals surface area contributed by atoms with Crippen molar-refractivity contribution in [2.75, 3.05) is 10.6 Å². The highest BCUT2D eigenvalue weighted by atomic mass is 16.2. The lowest BCUT2D eigenvalue weighted by Crippen LogP contribution is -2.12. The smallest absolute Gasteiger partial charge is 0.248 e. The molecule has 0 saturated carbocycles. The van der Waals surface area contributed by atoms with Gasteiger partial charge in [0, 0.05) is 24.4 Å². The van der Waals surface area contributed by atoms with Crippen molar-refractivity contribution in [2.24, 2.45) is 0 Å². The zero-order valence-corrected chi connectivity index (χ0v) is 12.6. The van der Waals surface area contributed by atoms with Crippen LogP contribution >= 0.6 is 0 Å². The summed E-state index contributed by atoms with van der Waals surface area (Å²) < 4.78 is 0. The lowest BCUT2D eigenvalue weighted by atomic mass is 10.1. The first-order valence-electron chi connectivity index (χ1n) is 6.97. The van der Waals surface area contributed by atoms with E-state index in [4.69, 9.17) is 0 Å². The number of anilines is 2. The fraction of sp³-hybridized carbons (Fsp3) is 0.111. The summed E-state index contributed by atoms with van der Waals surface area (Å²) in [4.78, 5) is 23.1. The van der Waals surface area contributed by atoms with Gasteiger partial charge in [-0.3, -0.25) is 9.59 Å². The number of carbonyl (C=O) groups is 2. The summed E-state index contributed by atoms with van der Waals surface area (Å²) in [6.07, 6.45) is 3.24. The lowest BCUT2D eigenvalue weighted by molar-refractivity contribution is -0.114. The Kier molecular flexibility index (Phi) is 5.09. The third-order valence-electron chi connectivity index (χ3n) is 3.13. The van der Waals surface area contributed by atoms with E-state index in [1.54, 1.807) is 24.3 Å². The van der Waals surface area contributed by atoms with Gasteiger partial charge in [-0.1, -0.05) is 36.4 Å². The molecule has 2 N–H and O–H groups in total. The summed E-state index contributed by atoms with van der Waals surface area (Å²) in [6.45, 7) is 3.30. The van der Waals surface area contributed by atoms with Crippen molar-refractivity contribution in [1.82, 2.24) is 0 Å². The molecule has 0 aliphatic heterocycles. The predicted octanol–water partition coefficient (Wildman–Crippen LogP) is 3.61. The Morgan fingerprint density at radius 3 is 2.18 bits per heavy atom. The van der Waals surface area contributed by atoms with Crippen molar-refractivity contribution in [3.05, 3.63) is 65.7 Å². The van der Waals surface area contributed by atoms with Crippen LogP contribution in [0, 0.1) is 6.92 Å². The van der Waals surface area contributed by atoms with E-state index in [1.807, 2.05) is 37.3 Å². The Balaban J connectivity index is 2.09. The second-order valence-electron chi connectivity index (χ2n) is 4.89. The summed E-state index contributed by atoms with van der Waals surface area (Å²) in [5, 5.41) is 5.55. The topological polar surface area (TPSA) is 58.2 Å². The fourth-order valence-corrected chi connectivity index (χ4v) is 2.01. The van der Waals surface area contributed by atoms with E-state index >= 15 is 0 Å². The molecule has 0 bridgehead atoms. The average molecular weight is 294 g/mol. The van der Waals surface area contributed by atoms with E-state index in [0.29, 0.717) is 11.4 Å². The van der Waals surface area contributed by atoms with Crippen molar-refractivity contribution < 1.29 is 9.59 Å². The van der Waals surface area contributed by atoms with Crippen molar-refractivity contribution in [2.45, 2.75) is 13.8 Å². The van der Waals surface area contributed by atoms with Gasteiger partial charge in [-0.15, -0.1) is 0 Å². The quantitative estimate of drug-likeness (QED) is 0.846. The number of hydrogen-bond donors (Lipinski definition) is 2. The zero-order chi connectivity index (χ0) is 15.9. The molecule has 4 nitrogen and oxygen atoms in total. The second kappa shape index (κ2) is 7.22. The number of benzene rings is 2. The van der Waals surface area contributed by atoms with Crippen LogP contribution in [-0.4, -0.2) is 11.8 Å². The molecule has 2 rings (SSSR count). The summed E-state index contributed by atoms with van der Waals surface area (Å²) >= 11 is 0. The Bertz CT molecular complexity index is 706. The molecule has 2 amide bonds. The van der Waals surface area contributed by atoms with Gasteiger partial charge < -0.3 is 10.6 Å². The zero-order valence-electron chi connectivity index (χ0n) is 12.6. The minimum atomic E-state index is -0.216. The molecule has 0 heterocycles. The highest BCUT2D eigenvalue weighted by Crippen LogP contribution is 2.23. The molecule has 0 unspecified atom stereocenters. The highest BCUT2D eigenvalue weighted by Gasteiger charge is 2.06. The molecule has 0 saturated heterocycles. The van der Waals surface area contributed by atoms with Gasteiger partial charge in [-0.25, -0.2) is 0 Å². The van der Waals surface area contributed by atoms with Crippen LogP contribution in [0.1, 0.15) is 18.1 Å².